The minimum atomic E-state index is -0.541. The topological polar surface area (TPSA) is 117 Å². The summed E-state index contributed by atoms with van der Waals surface area (Å²) in [7, 11) is 3.03. The number of aryl methyl sites for hydroxylation is 2. The molecule has 0 atom stereocenters. The van der Waals surface area contributed by atoms with Crippen LogP contribution in [0.4, 0.5) is 17.2 Å². The first-order valence-corrected chi connectivity index (χ1v) is 7.96. The fourth-order valence-electron chi connectivity index (χ4n) is 2.67. The minimum absolute atomic E-state index is 0.0177. The Morgan fingerprint density at radius 1 is 1.15 bits per heavy atom. The number of anilines is 2. The molecule has 3 aromatic rings. The SMILES string of the molecule is COc1ccc(OC)c(Nc2ncnc(-n3nc(C)cc3C)c2[N+](=O)[O-])c1. The third kappa shape index (κ3) is 3.50. The average molecular weight is 370 g/mol. The second kappa shape index (κ2) is 7.28. The summed E-state index contributed by atoms with van der Waals surface area (Å²) in [6, 6.07) is 6.88. The highest BCUT2D eigenvalue weighted by molar-refractivity contribution is 5.74. The third-order valence-corrected chi connectivity index (χ3v) is 3.86. The van der Waals surface area contributed by atoms with Gasteiger partial charge < -0.3 is 14.8 Å². The minimum Gasteiger partial charge on any atom is -0.497 e. The summed E-state index contributed by atoms with van der Waals surface area (Å²) in [5, 5.41) is 19.0. The van der Waals surface area contributed by atoms with Gasteiger partial charge in [0.05, 0.1) is 30.5 Å². The number of nitrogens with one attached hydrogen (secondary N) is 1. The second-order valence-electron chi connectivity index (χ2n) is 5.68. The quantitative estimate of drug-likeness (QED) is 0.520. The molecule has 3 rings (SSSR count). The smallest absolute Gasteiger partial charge is 0.355 e. The van der Waals surface area contributed by atoms with E-state index < -0.39 is 4.92 Å². The van der Waals surface area contributed by atoms with Gasteiger partial charge in [-0.05, 0) is 32.0 Å². The van der Waals surface area contributed by atoms with Gasteiger partial charge >= 0.3 is 5.69 Å². The second-order valence-corrected chi connectivity index (χ2v) is 5.68. The maximum Gasteiger partial charge on any atom is 0.355 e. The lowest BCUT2D eigenvalue weighted by atomic mass is 10.2. The zero-order valence-electron chi connectivity index (χ0n) is 15.3. The van der Waals surface area contributed by atoms with Crippen LogP contribution in [0.3, 0.4) is 0 Å². The van der Waals surface area contributed by atoms with Crippen LogP contribution in [0, 0.1) is 24.0 Å². The maximum atomic E-state index is 11.8. The zero-order chi connectivity index (χ0) is 19.6. The van der Waals surface area contributed by atoms with Crippen LogP contribution in [0.2, 0.25) is 0 Å². The molecule has 0 fully saturated rings. The molecule has 0 saturated carbocycles. The van der Waals surface area contributed by atoms with E-state index in [0.29, 0.717) is 17.2 Å². The molecule has 0 spiro atoms. The molecule has 0 bridgehead atoms. The molecule has 0 unspecified atom stereocenters. The Balaban J connectivity index is 2.14. The largest absolute Gasteiger partial charge is 0.497 e. The number of methoxy groups -OCH3 is 2. The first-order chi connectivity index (χ1) is 12.9. The van der Waals surface area contributed by atoms with Gasteiger partial charge in [-0.15, -0.1) is 0 Å². The van der Waals surface area contributed by atoms with Crippen molar-refractivity contribution in [2.45, 2.75) is 13.8 Å². The highest BCUT2D eigenvalue weighted by Gasteiger charge is 2.26. The lowest BCUT2D eigenvalue weighted by Gasteiger charge is -2.13. The summed E-state index contributed by atoms with van der Waals surface area (Å²) in [6.45, 7) is 3.60. The van der Waals surface area contributed by atoms with Crippen molar-refractivity contribution in [3.05, 3.63) is 52.1 Å². The molecule has 1 aromatic carbocycles. The molecule has 27 heavy (non-hydrogen) atoms. The molecule has 0 aliphatic rings. The van der Waals surface area contributed by atoms with Crippen molar-refractivity contribution in [2.24, 2.45) is 0 Å². The molecule has 0 aliphatic heterocycles. The summed E-state index contributed by atoms with van der Waals surface area (Å²) >= 11 is 0. The van der Waals surface area contributed by atoms with E-state index in [9.17, 15) is 10.1 Å². The van der Waals surface area contributed by atoms with Gasteiger partial charge in [0.15, 0.2) is 0 Å². The number of benzene rings is 1. The van der Waals surface area contributed by atoms with Crippen LogP contribution < -0.4 is 14.8 Å². The highest BCUT2D eigenvalue weighted by Crippen LogP contribution is 2.35. The van der Waals surface area contributed by atoms with Crippen LogP contribution in [0.5, 0.6) is 11.5 Å². The first kappa shape index (κ1) is 18.1. The summed E-state index contributed by atoms with van der Waals surface area (Å²) in [5.41, 5.74) is 1.62. The lowest BCUT2D eigenvalue weighted by molar-refractivity contribution is -0.384. The number of ether oxygens (including phenoxy) is 2. The van der Waals surface area contributed by atoms with Crippen molar-refractivity contribution >= 4 is 17.2 Å². The van der Waals surface area contributed by atoms with Crippen molar-refractivity contribution in [3.8, 4) is 17.3 Å². The molecule has 10 heteroatoms. The number of rotatable bonds is 6. The number of hydrogen-bond donors (Lipinski definition) is 1. The molecule has 2 aromatic heterocycles. The molecular weight excluding hydrogens is 352 g/mol. The number of aromatic nitrogens is 4. The molecule has 0 aliphatic carbocycles. The lowest BCUT2D eigenvalue weighted by Crippen LogP contribution is -2.10. The van der Waals surface area contributed by atoms with Crippen molar-refractivity contribution in [2.75, 3.05) is 19.5 Å². The van der Waals surface area contributed by atoms with Crippen molar-refractivity contribution in [1.29, 1.82) is 0 Å². The zero-order valence-corrected chi connectivity index (χ0v) is 15.3. The highest BCUT2D eigenvalue weighted by atomic mass is 16.6. The fraction of sp³-hybridized carbons (Fsp3) is 0.235. The van der Waals surface area contributed by atoms with Crippen LogP contribution >= 0.6 is 0 Å². The van der Waals surface area contributed by atoms with E-state index in [2.05, 4.69) is 20.4 Å². The Morgan fingerprint density at radius 2 is 1.93 bits per heavy atom. The van der Waals surface area contributed by atoms with Crippen molar-refractivity contribution in [3.63, 3.8) is 0 Å². The number of nitrogens with zero attached hydrogens (tertiary/aromatic N) is 5. The van der Waals surface area contributed by atoms with E-state index in [1.54, 1.807) is 32.0 Å². The van der Waals surface area contributed by atoms with Crippen LogP contribution in [-0.4, -0.2) is 38.9 Å². The Hall–Kier alpha value is -3.69. The van der Waals surface area contributed by atoms with Gasteiger partial charge in [-0.1, -0.05) is 0 Å². The summed E-state index contributed by atoms with van der Waals surface area (Å²) in [4.78, 5) is 19.4. The molecule has 0 radical (unpaired) electrons. The maximum absolute atomic E-state index is 11.8. The van der Waals surface area contributed by atoms with E-state index in [0.717, 1.165) is 11.4 Å². The van der Waals surface area contributed by atoms with Crippen molar-refractivity contribution in [1.82, 2.24) is 19.7 Å². The number of hydrogen-bond acceptors (Lipinski definition) is 8. The van der Waals surface area contributed by atoms with Crippen LogP contribution in [0.25, 0.3) is 5.82 Å². The molecular formula is C17H18N6O4. The van der Waals surface area contributed by atoms with Gasteiger partial charge in [-0.3, -0.25) is 10.1 Å². The Morgan fingerprint density at radius 3 is 2.52 bits per heavy atom. The van der Waals surface area contributed by atoms with Crippen LogP contribution in [-0.2, 0) is 0 Å². The Kier molecular flexibility index (Phi) is 4.88. The standard InChI is InChI=1S/C17H18N6O4/c1-10-7-11(2)22(21-10)17-15(23(24)25)16(18-9-19-17)20-13-8-12(26-3)5-6-14(13)27-4/h5-9H,1-4H3,(H,18,19,20). The number of nitro groups is 1. The molecule has 0 amide bonds. The third-order valence-electron chi connectivity index (χ3n) is 3.86. The Labute approximate surface area is 154 Å². The molecule has 10 nitrogen and oxygen atoms in total. The molecule has 0 saturated heterocycles. The van der Waals surface area contributed by atoms with Gasteiger partial charge in [0.1, 0.15) is 17.8 Å². The van der Waals surface area contributed by atoms with Gasteiger partial charge in [0, 0.05) is 11.8 Å². The van der Waals surface area contributed by atoms with E-state index in [1.807, 2.05) is 6.07 Å². The monoisotopic (exact) mass is 370 g/mol. The molecule has 140 valence electrons. The predicted octanol–water partition coefficient (Wildman–Crippen LogP) is 2.95. The summed E-state index contributed by atoms with van der Waals surface area (Å²) in [6.07, 6.45) is 1.24. The van der Waals surface area contributed by atoms with E-state index >= 15 is 0 Å². The first-order valence-electron chi connectivity index (χ1n) is 7.96. The summed E-state index contributed by atoms with van der Waals surface area (Å²) < 4.78 is 11.9. The van der Waals surface area contributed by atoms with Gasteiger partial charge in [0.2, 0.25) is 11.6 Å². The van der Waals surface area contributed by atoms with E-state index in [4.69, 9.17) is 9.47 Å². The predicted molar refractivity (Wildman–Crippen MR) is 98.1 cm³/mol. The van der Waals surface area contributed by atoms with E-state index in [1.165, 1.54) is 25.2 Å². The average Bonchev–Trinajstić information content (AvgIpc) is 2.99. The van der Waals surface area contributed by atoms with Crippen molar-refractivity contribution < 1.29 is 14.4 Å². The molecule has 2 heterocycles. The van der Waals surface area contributed by atoms with Gasteiger partial charge in [-0.25, -0.2) is 14.6 Å². The van der Waals surface area contributed by atoms with Gasteiger partial charge in [-0.2, -0.15) is 5.10 Å². The van der Waals surface area contributed by atoms with E-state index in [-0.39, 0.29) is 17.3 Å². The van der Waals surface area contributed by atoms with Crippen LogP contribution in [0.15, 0.2) is 30.6 Å². The summed E-state index contributed by atoms with van der Waals surface area (Å²) in [5.74, 6) is 1.14. The van der Waals surface area contributed by atoms with Crippen LogP contribution in [0.1, 0.15) is 11.4 Å². The fourth-order valence-corrected chi connectivity index (χ4v) is 2.67. The molecule has 1 N–H and O–H groups in total. The van der Waals surface area contributed by atoms with Gasteiger partial charge in [0.25, 0.3) is 0 Å². The Bertz CT molecular complexity index is 1000. The normalized spacial score (nSPS) is 10.5.